The van der Waals surface area contributed by atoms with Crippen molar-refractivity contribution in [2.75, 3.05) is 0 Å². The second-order valence-corrected chi connectivity index (χ2v) is 7.41. The Morgan fingerprint density at radius 2 is 1.89 bits per heavy atom. The highest BCUT2D eigenvalue weighted by Gasteiger charge is 2.10. The number of nitrogens with two attached hydrogens (primary N) is 1. The van der Waals surface area contributed by atoms with Crippen molar-refractivity contribution in [1.82, 2.24) is 4.98 Å². The highest BCUT2D eigenvalue weighted by molar-refractivity contribution is 7.89. The van der Waals surface area contributed by atoms with Gasteiger partial charge >= 0.3 is 5.97 Å². The zero-order chi connectivity index (χ0) is 19.3. The van der Waals surface area contributed by atoms with Gasteiger partial charge in [0.05, 0.1) is 11.1 Å². The Hall–Kier alpha value is -2.97. The molecular weight excluding hydrogens is 368 g/mol. The van der Waals surface area contributed by atoms with Crippen LogP contribution in [0.1, 0.15) is 18.7 Å². The fraction of sp³-hybridized carbons (Fsp3) is 0.158. The van der Waals surface area contributed by atoms with Crippen molar-refractivity contribution >= 4 is 16.0 Å². The summed E-state index contributed by atoms with van der Waals surface area (Å²) in [5, 5.41) is 5.10. The average Bonchev–Trinajstić information content (AvgIpc) is 3.15. The molecule has 0 saturated heterocycles. The van der Waals surface area contributed by atoms with Gasteiger partial charge in [0.25, 0.3) is 0 Å². The van der Waals surface area contributed by atoms with Gasteiger partial charge in [-0.05, 0) is 41.8 Å². The Kier molecular flexibility index (Phi) is 5.68. The molecule has 0 fully saturated rings. The van der Waals surface area contributed by atoms with E-state index in [1.54, 1.807) is 36.5 Å². The third kappa shape index (κ3) is 5.25. The van der Waals surface area contributed by atoms with Gasteiger partial charge in [-0.25, -0.2) is 18.5 Å². The van der Waals surface area contributed by atoms with Gasteiger partial charge in [-0.15, -0.1) is 0 Å². The number of nitrogens with zero attached hydrogens (tertiary/aromatic N) is 1. The number of carbonyl (C=O) groups is 1. The zero-order valence-corrected chi connectivity index (χ0v) is 15.2. The summed E-state index contributed by atoms with van der Waals surface area (Å²) < 4.78 is 33.1. The molecule has 0 aliphatic rings. The number of ether oxygens (including phenoxy) is 1. The summed E-state index contributed by atoms with van der Waals surface area (Å²) >= 11 is 0. The van der Waals surface area contributed by atoms with Crippen LogP contribution in [0.5, 0.6) is 5.75 Å². The van der Waals surface area contributed by atoms with Crippen LogP contribution in [-0.4, -0.2) is 19.4 Å². The number of hydrogen-bond acceptors (Lipinski definition) is 6. The third-order valence-corrected chi connectivity index (χ3v) is 4.77. The minimum atomic E-state index is -3.73. The van der Waals surface area contributed by atoms with E-state index in [1.807, 2.05) is 6.07 Å². The van der Waals surface area contributed by atoms with E-state index >= 15 is 0 Å². The van der Waals surface area contributed by atoms with Gasteiger partial charge in [-0.2, -0.15) is 0 Å². The Morgan fingerprint density at radius 3 is 2.56 bits per heavy atom. The van der Waals surface area contributed by atoms with Gasteiger partial charge in [0.2, 0.25) is 10.0 Å². The van der Waals surface area contributed by atoms with Gasteiger partial charge < -0.3 is 9.15 Å². The molecule has 0 amide bonds. The Morgan fingerprint density at radius 1 is 1.11 bits per heavy atom. The minimum Gasteiger partial charge on any atom is -0.449 e. The number of oxazole rings is 1. The van der Waals surface area contributed by atoms with Gasteiger partial charge in [-0.1, -0.05) is 24.3 Å². The molecule has 8 heteroatoms. The van der Waals surface area contributed by atoms with Gasteiger partial charge in [0.15, 0.2) is 5.89 Å². The third-order valence-electron chi connectivity index (χ3n) is 3.84. The van der Waals surface area contributed by atoms with Crippen LogP contribution in [-0.2, 0) is 21.2 Å². The first-order chi connectivity index (χ1) is 12.9. The smallest absolute Gasteiger partial charge is 0.311 e. The van der Waals surface area contributed by atoms with Crippen LogP contribution in [0.15, 0.2) is 70.3 Å². The van der Waals surface area contributed by atoms with Crippen LogP contribution in [0, 0.1) is 0 Å². The molecule has 7 nitrogen and oxygen atoms in total. The molecule has 1 aromatic heterocycles. The van der Waals surface area contributed by atoms with Crippen LogP contribution in [0.3, 0.4) is 0 Å². The highest BCUT2D eigenvalue weighted by atomic mass is 32.2. The highest BCUT2D eigenvalue weighted by Crippen LogP contribution is 2.25. The van der Waals surface area contributed by atoms with E-state index in [2.05, 4.69) is 4.98 Å². The van der Waals surface area contributed by atoms with Crippen LogP contribution in [0.2, 0.25) is 0 Å². The summed E-state index contributed by atoms with van der Waals surface area (Å²) in [6, 6.07) is 13.2. The van der Waals surface area contributed by atoms with E-state index in [-0.39, 0.29) is 17.3 Å². The molecule has 0 saturated carbocycles. The summed E-state index contributed by atoms with van der Waals surface area (Å²) in [6.07, 6.45) is 4.45. The molecular formula is C19H18N2O5S. The summed E-state index contributed by atoms with van der Waals surface area (Å²) in [5.41, 5.74) is 1.57. The first-order valence-electron chi connectivity index (χ1n) is 8.24. The second-order valence-electron chi connectivity index (χ2n) is 5.85. The van der Waals surface area contributed by atoms with Crippen molar-refractivity contribution in [3.63, 3.8) is 0 Å². The van der Waals surface area contributed by atoms with Crippen molar-refractivity contribution in [3.05, 3.63) is 66.9 Å². The fourth-order valence-electron chi connectivity index (χ4n) is 2.52. The van der Waals surface area contributed by atoms with Crippen LogP contribution in [0.4, 0.5) is 0 Å². The molecule has 140 valence electrons. The topological polar surface area (TPSA) is 112 Å². The number of hydrogen-bond donors (Lipinski definition) is 1. The number of carbonyl (C=O) groups excluding carboxylic acids is 1. The van der Waals surface area contributed by atoms with Gasteiger partial charge in [0.1, 0.15) is 12.0 Å². The van der Waals surface area contributed by atoms with E-state index in [0.717, 1.165) is 11.1 Å². The summed E-state index contributed by atoms with van der Waals surface area (Å²) in [7, 11) is -3.73. The molecule has 0 unspecified atom stereocenters. The second kappa shape index (κ2) is 8.15. The molecule has 27 heavy (non-hydrogen) atoms. The maximum Gasteiger partial charge on any atom is 0.311 e. The zero-order valence-electron chi connectivity index (χ0n) is 14.4. The standard InChI is InChI=1S/C19H18N2O5S/c20-27(23,24)17-9-7-14(8-10-17)15-3-1-4-16(13-15)26-19(22)6-2-5-18-21-11-12-25-18/h1,3-4,7-13H,2,5-6H2,(H2,20,23,24). The van der Waals surface area contributed by atoms with Gasteiger partial charge in [-0.3, -0.25) is 4.79 Å². The number of primary sulfonamides is 1. The maximum absolute atomic E-state index is 12.0. The number of benzene rings is 2. The van der Waals surface area contributed by atoms with Crippen molar-refractivity contribution in [1.29, 1.82) is 0 Å². The van der Waals surface area contributed by atoms with Crippen molar-refractivity contribution in [2.45, 2.75) is 24.2 Å². The van der Waals surface area contributed by atoms with Gasteiger partial charge in [0, 0.05) is 12.8 Å². The van der Waals surface area contributed by atoms with E-state index in [0.29, 0.717) is 24.5 Å². The Bertz CT molecular complexity index is 1010. The average molecular weight is 386 g/mol. The quantitative estimate of drug-likeness (QED) is 0.493. The number of sulfonamides is 1. The maximum atomic E-state index is 12.0. The molecule has 3 rings (SSSR count). The molecule has 0 aliphatic carbocycles. The lowest BCUT2D eigenvalue weighted by molar-refractivity contribution is -0.134. The largest absolute Gasteiger partial charge is 0.449 e. The molecule has 2 aromatic carbocycles. The number of rotatable bonds is 7. The summed E-state index contributed by atoms with van der Waals surface area (Å²) in [4.78, 5) is 16.0. The Balaban J connectivity index is 1.62. The van der Waals surface area contributed by atoms with Crippen LogP contribution >= 0.6 is 0 Å². The lowest BCUT2D eigenvalue weighted by Gasteiger charge is -2.07. The number of aryl methyl sites for hydroxylation is 1. The molecule has 1 heterocycles. The van der Waals surface area contributed by atoms with Crippen LogP contribution in [0.25, 0.3) is 11.1 Å². The lowest BCUT2D eigenvalue weighted by atomic mass is 10.1. The summed E-state index contributed by atoms with van der Waals surface area (Å²) in [6.45, 7) is 0. The molecule has 0 bridgehead atoms. The molecule has 3 aromatic rings. The van der Waals surface area contributed by atoms with E-state index in [1.165, 1.54) is 18.4 Å². The summed E-state index contributed by atoms with van der Waals surface area (Å²) in [5.74, 6) is 0.667. The molecule has 0 spiro atoms. The van der Waals surface area contributed by atoms with E-state index in [9.17, 15) is 13.2 Å². The number of aromatic nitrogens is 1. The van der Waals surface area contributed by atoms with Crippen LogP contribution < -0.4 is 9.88 Å². The first kappa shape index (κ1) is 18.8. The normalized spacial score (nSPS) is 11.3. The number of esters is 1. The first-order valence-corrected chi connectivity index (χ1v) is 9.79. The van der Waals surface area contributed by atoms with Crippen molar-refractivity contribution in [3.8, 4) is 16.9 Å². The predicted molar refractivity (Wildman–Crippen MR) is 98.3 cm³/mol. The fourth-order valence-corrected chi connectivity index (χ4v) is 3.03. The molecule has 0 atom stereocenters. The van der Waals surface area contributed by atoms with Crippen molar-refractivity contribution < 1.29 is 22.4 Å². The van der Waals surface area contributed by atoms with Crippen molar-refractivity contribution in [2.24, 2.45) is 5.14 Å². The Labute approximate surface area is 156 Å². The molecule has 2 N–H and O–H groups in total. The van der Waals surface area contributed by atoms with E-state index in [4.69, 9.17) is 14.3 Å². The molecule has 0 aliphatic heterocycles. The van der Waals surface area contributed by atoms with E-state index < -0.39 is 10.0 Å². The predicted octanol–water partition coefficient (Wildman–Crippen LogP) is 2.92. The molecule has 0 radical (unpaired) electrons. The lowest BCUT2D eigenvalue weighted by Crippen LogP contribution is -2.11. The monoisotopic (exact) mass is 386 g/mol. The minimum absolute atomic E-state index is 0.0416. The SMILES string of the molecule is NS(=O)(=O)c1ccc(-c2cccc(OC(=O)CCCc3ncco3)c2)cc1.